The number of hydrogen-bond acceptors (Lipinski definition) is 4. The molecule has 0 aliphatic carbocycles. The quantitative estimate of drug-likeness (QED) is 0.605. The molecule has 0 radical (unpaired) electrons. The molecule has 2 rings (SSSR count). The molecule has 29 heavy (non-hydrogen) atoms. The molecule has 0 bridgehead atoms. The van der Waals surface area contributed by atoms with Gasteiger partial charge in [0.25, 0.3) is 5.82 Å². The lowest BCUT2D eigenvalue weighted by Crippen LogP contribution is -2.41. The van der Waals surface area contributed by atoms with Crippen molar-refractivity contribution < 1.29 is 23.6 Å². The molecule has 0 unspecified atom stereocenters. The number of ether oxygens (including phenoxy) is 2. The van der Waals surface area contributed by atoms with E-state index >= 15 is 0 Å². The Kier molecular flexibility index (Phi) is 6.60. The fraction of sp³-hybridized carbons (Fsp3) is 0.591. The van der Waals surface area contributed by atoms with Gasteiger partial charge in [-0.15, -0.1) is 0 Å². The summed E-state index contributed by atoms with van der Waals surface area (Å²) in [6.45, 7) is 16.9. The average Bonchev–Trinajstić information content (AvgIpc) is 2.88. The Bertz CT molecular complexity index is 901. The number of aryl methyl sites for hydroxylation is 2. The maximum absolute atomic E-state index is 12.5. The number of nitrogens with one attached hydrogen (secondary N) is 1. The summed E-state index contributed by atoms with van der Waals surface area (Å²) in [4.78, 5) is 24.6. The van der Waals surface area contributed by atoms with E-state index in [9.17, 15) is 9.59 Å². The van der Waals surface area contributed by atoms with Crippen LogP contribution in [-0.2, 0) is 29.1 Å². The van der Waals surface area contributed by atoms with Gasteiger partial charge in [0.2, 0.25) is 0 Å². The third-order valence-electron chi connectivity index (χ3n) is 4.24. The lowest BCUT2D eigenvalue weighted by Gasteiger charge is -2.19. The molecule has 0 saturated heterocycles. The predicted octanol–water partition coefficient (Wildman–Crippen LogP) is 3.95. The van der Waals surface area contributed by atoms with E-state index in [1.807, 2.05) is 60.6 Å². The first-order chi connectivity index (χ1) is 13.4. The molecule has 1 N–H and O–H groups in total. The number of fused-ring (bicyclic) bond motifs is 1. The second-order valence-corrected chi connectivity index (χ2v) is 8.97. The number of carbonyl (C=O) groups is 2. The van der Waals surface area contributed by atoms with Gasteiger partial charge in [-0.2, -0.15) is 0 Å². The zero-order chi connectivity index (χ0) is 22.0. The molecule has 7 heteroatoms. The highest BCUT2D eigenvalue weighted by molar-refractivity contribution is 5.93. The topological polar surface area (TPSA) is 73.4 Å². The summed E-state index contributed by atoms with van der Waals surface area (Å²) >= 11 is 0. The van der Waals surface area contributed by atoms with E-state index in [2.05, 4.69) is 21.4 Å². The van der Waals surface area contributed by atoms with Crippen molar-refractivity contribution in [3.8, 4) is 0 Å². The number of amides is 1. The number of aromatic nitrogens is 2. The van der Waals surface area contributed by atoms with Crippen LogP contribution in [0.15, 0.2) is 18.2 Å². The van der Waals surface area contributed by atoms with E-state index in [1.54, 1.807) is 6.07 Å². The van der Waals surface area contributed by atoms with Gasteiger partial charge >= 0.3 is 12.1 Å². The first kappa shape index (κ1) is 22.7. The van der Waals surface area contributed by atoms with E-state index in [0.717, 1.165) is 23.4 Å². The zero-order valence-corrected chi connectivity index (χ0v) is 18.9. The first-order valence-corrected chi connectivity index (χ1v) is 10.1. The van der Waals surface area contributed by atoms with Crippen molar-refractivity contribution in [1.82, 2.24) is 9.88 Å². The summed E-state index contributed by atoms with van der Waals surface area (Å²) < 4.78 is 15.1. The van der Waals surface area contributed by atoms with Crippen molar-refractivity contribution in [1.29, 1.82) is 0 Å². The van der Waals surface area contributed by atoms with Crippen molar-refractivity contribution in [2.24, 2.45) is 0 Å². The number of carbonyl (C=O) groups excluding carboxylic acids is 2. The number of imidazole rings is 1. The Morgan fingerprint density at radius 2 is 1.66 bits per heavy atom. The number of benzene rings is 1. The lowest BCUT2D eigenvalue weighted by atomic mass is 10.1. The summed E-state index contributed by atoms with van der Waals surface area (Å²) in [5.74, 6) is 0.594. The van der Waals surface area contributed by atoms with Gasteiger partial charge in [0.15, 0.2) is 11.0 Å². The average molecular weight is 405 g/mol. The summed E-state index contributed by atoms with van der Waals surface area (Å²) in [7, 11) is 0. The second kappa shape index (κ2) is 8.43. The van der Waals surface area contributed by atoms with Gasteiger partial charge in [0.05, 0.1) is 18.7 Å². The van der Waals surface area contributed by atoms with Gasteiger partial charge in [0.1, 0.15) is 17.7 Å². The SMILES string of the molecule is CCn1c(CNC(=O)OC(C)(C)C)[n+](CC)c2ccc(C(=O)OC(C)(C)C)cc21. The number of rotatable bonds is 5. The second-order valence-electron chi connectivity index (χ2n) is 8.97. The van der Waals surface area contributed by atoms with Crippen LogP contribution in [0.2, 0.25) is 0 Å². The van der Waals surface area contributed by atoms with Gasteiger partial charge in [-0.3, -0.25) is 0 Å². The molecule has 0 aliphatic rings. The summed E-state index contributed by atoms with van der Waals surface area (Å²) in [5, 5.41) is 2.84. The Labute approximate surface area is 173 Å². The maximum Gasteiger partial charge on any atom is 0.408 e. The molecular formula is C22H34N3O4+. The minimum absolute atomic E-state index is 0.326. The molecule has 1 aromatic heterocycles. The number of esters is 1. The van der Waals surface area contributed by atoms with Crippen LogP contribution in [0, 0.1) is 0 Å². The highest BCUT2D eigenvalue weighted by Crippen LogP contribution is 2.20. The highest BCUT2D eigenvalue weighted by Gasteiger charge is 2.26. The van der Waals surface area contributed by atoms with Crippen molar-refractivity contribution in [2.75, 3.05) is 0 Å². The molecule has 0 saturated carbocycles. The highest BCUT2D eigenvalue weighted by atomic mass is 16.6. The van der Waals surface area contributed by atoms with Gasteiger partial charge in [0, 0.05) is 6.07 Å². The van der Waals surface area contributed by atoms with E-state index in [4.69, 9.17) is 9.47 Å². The summed E-state index contributed by atoms with van der Waals surface area (Å²) in [5.41, 5.74) is 1.34. The fourth-order valence-corrected chi connectivity index (χ4v) is 3.22. The van der Waals surface area contributed by atoms with E-state index in [1.165, 1.54) is 0 Å². The third kappa shape index (κ3) is 5.71. The van der Waals surface area contributed by atoms with Gasteiger partial charge in [-0.05, 0) is 67.5 Å². The molecule has 0 atom stereocenters. The normalized spacial score (nSPS) is 12.1. The van der Waals surface area contributed by atoms with E-state index in [-0.39, 0.29) is 5.97 Å². The fourth-order valence-electron chi connectivity index (χ4n) is 3.22. The van der Waals surface area contributed by atoms with Crippen molar-refractivity contribution in [3.63, 3.8) is 0 Å². The standard InChI is InChI=1S/C22H33N3O4/c1-9-24-16-12-11-15(19(26)28-21(3,4)5)13-17(16)25(10-2)18(24)14-23-20(27)29-22(6,7)8/h11-13H,9-10,14H2,1-8H3/p+1. The van der Waals surface area contributed by atoms with Crippen LogP contribution in [0.5, 0.6) is 0 Å². The lowest BCUT2D eigenvalue weighted by molar-refractivity contribution is -0.676. The molecule has 2 aromatic rings. The minimum atomic E-state index is -0.551. The third-order valence-corrected chi connectivity index (χ3v) is 4.24. The van der Waals surface area contributed by atoms with Crippen molar-refractivity contribution >= 4 is 23.1 Å². The van der Waals surface area contributed by atoms with Crippen LogP contribution >= 0.6 is 0 Å². The Balaban J connectivity index is 2.40. The van der Waals surface area contributed by atoms with Crippen LogP contribution in [-0.4, -0.2) is 27.8 Å². The Morgan fingerprint density at radius 1 is 1.03 bits per heavy atom. The number of hydrogen-bond donors (Lipinski definition) is 1. The molecule has 160 valence electrons. The maximum atomic E-state index is 12.5. The van der Waals surface area contributed by atoms with Crippen molar-refractivity contribution in [3.05, 3.63) is 29.6 Å². The molecule has 1 amide bonds. The van der Waals surface area contributed by atoms with E-state index in [0.29, 0.717) is 18.7 Å². The molecule has 1 aromatic carbocycles. The molecule has 0 spiro atoms. The molecule has 7 nitrogen and oxygen atoms in total. The van der Waals surface area contributed by atoms with Crippen LogP contribution in [0.3, 0.4) is 0 Å². The van der Waals surface area contributed by atoms with Gasteiger partial charge < -0.3 is 14.8 Å². The monoisotopic (exact) mass is 404 g/mol. The number of nitrogens with zero attached hydrogens (tertiary/aromatic N) is 2. The largest absolute Gasteiger partial charge is 0.456 e. The molecular weight excluding hydrogens is 370 g/mol. The van der Waals surface area contributed by atoms with Crippen LogP contribution in [0.25, 0.3) is 11.0 Å². The summed E-state index contributed by atoms with van der Waals surface area (Å²) in [6, 6.07) is 5.57. The Hall–Kier alpha value is -2.57. The molecule has 0 fully saturated rings. The van der Waals surface area contributed by atoms with Gasteiger partial charge in [-0.25, -0.2) is 18.7 Å². The Morgan fingerprint density at radius 3 is 2.17 bits per heavy atom. The van der Waals surface area contributed by atoms with E-state index < -0.39 is 17.3 Å². The minimum Gasteiger partial charge on any atom is -0.456 e. The first-order valence-electron chi connectivity index (χ1n) is 10.1. The van der Waals surface area contributed by atoms with Crippen LogP contribution in [0.1, 0.15) is 71.6 Å². The number of alkyl carbamates (subject to hydrolysis) is 1. The predicted molar refractivity (Wildman–Crippen MR) is 112 cm³/mol. The van der Waals surface area contributed by atoms with Gasteiger partial charge in [-0.1, -0.05) is 0 Å². The van der Waals surface area contributed by atoms with Crippen LogP contribution < -0.4 is 9.88 Å². The summed E-state index contributed by atoms with van der Waals surface area (Å²) in [6.07, 6.45) is -0.456. The zero-order valence-electron chi connectivity index (χ0n) is 18.9. The van der Waals surface area contributed by atoms with Crippen molar-refractivity contribution in [2.45, 2.75) is 86.2 Å². The molecule has 1 heterocycles. The molecule has 0 aliphatic heterocycles. The smallest absolute Gasteiger partial charge is 0.408 e. The van der Waals surface area contributed by atoms with Crippen LogP contribution in [0.4, 0.5) is 4.79 Å².